The number of aliphatic hydroxyl groups is 1. The van der Waals surface area contributed by atoms with E-state index in [1.165, 1.54) is 0 Å². The Hall–Kier alpha value is -0.110. The molecule has 0 saturated carbocycles. The van der Waals surface area contributed by atoms with Gasteiger partial charge in [0.25, 0.3) is 0 Å². The van der Waals surface area contributed by atoms with Gasteiger partial charge < -0.3 is 5.11 Å². The van der Waals surface area contributed by atoms with Crippen molar-refractivity contribution in [2.45, 2.75) is 59.2 Å². The highest BCUT2D eigenvalue weighted by Crippen LogP contribution is 2.28. The molecule has 2 heteroatoms. The summed E-state index contributed by atoms with van der Waals surface area (Å²) in [5.74, 6) is 0.245. The average Bonchev–Trinajstić information content (AvgIpc) is 1.99. The molecule has 0 fully saturated rings. The van der Waals surface area contributed by atoms with Crippen LogP contribution in [0.4, 0.5) is 4.39 Å². The summed E-state index contributed by atoms with van der Waals surface area (Å²) >= 11 is 0. The normalized spacial score (nSPS) is 19.2. The summed E-state index contributed by atoms with van der Waals surface area (Å²) < 4.78 is 13.7. The van der Waals surface area contributed by atoms with E-state index in [4.69, 9.17) is 0 Å². The lowest BCUT2D eigenvalue weighted by Gasteiger charge is -2.26. The summed E-state index contributed by atoms with van der Waals surface area (Å²) in [5, 5.41) is 9.50. The molecular formula is C11H23FO. The quantitative estimate of drug-likeness (QED) is 0.706. The van der Waals surface area contributed by atoms with E-state index in [0.717, 1.165) is 0 Å². The van der Waals surface area contributed by atoms with Gasteiger partial charge in [0.2, 0.25) is 0 Å². The number of halogens is 1. The Morgan fingerprint density at radius 3 is 2.00 bits per heavy atom. The van der Waals surface area contributed by atoms with E-state index in [-0.39, 0.29) is 17.9 Å². The minimum atomic E-state index is -1.14. The van der Waals surface area contributed by atoms with Crippen molar-refractivity contribution < 1.29 is 9.50 Å². The van der Waals surface area contributed by atoms with Crippen LogP contribution in [0.5, 0.6) is 0 Å². The van der Waals surface area contributed by atoms with Crippen molar-refractivity contribution in [3.8, 4) is 0 Å². The molecular weight excluding hydrogens is 167 g/mol. The first-order chi connectivity index (χ1) is 5.77. The van der Waals surface area contributed by atoms with Gasteiger partial charge in [-0.05, 0) is 31.6 Å². The first-order valence-electron chi connectivity index (χ1n) is 5.14. The van der Waals surface area contributed by atoms with Crippen LogP contribution in [-0.4, -0.2) is 16.9 Å². The van der Waals surface area contributed by atoms with Crippen LogP contribution in [0.3, 0.4) is 0 Å². The highest BCUT2D eigenvalue weighted by molar-refractivity contribution is 4.78. The molecule has 0 aliphatic rings. The molecule has 0 rings (SSSR count). The van der Waals surface area contributed by atoms with Crippen LogP contribution in [0, 0.1) is 11.8 Å². The van der Waals surface area contributed by atoms with Crippen LogP contribution in [-0.2, 0) is 0 Å². The summed E-state index contributed by atoms with van der Waals surface area (Å²) in [5.41, 5.74) is -1.14. The Morgan fingerprint density at radius 1 is 1.23 bits per heavy atom. The molecule has 0 amide bonds. The van der Waals surface area contributed by atoms with E-state index in [2.05, 4.69) is 0 Å². The van der Waals surface area contributed by atoms with Gasteiger partial charge in [0.05, 0.1) is 6.10 Å². The summed E-state index contributed by atoms with van der Waals surface area (Å²) in [7, 11) is 0. The Bertz CT molecular complexity index is 141. The zero-order valence-electron chi connectivity index (χ0n) is 9.47. The van der Waals surface area contributed by atoms with Gasteiger partial charge in [-0.2, -0.15) is 0 Å². The lowest BCUT2D eigenvalue weighted by Crippen LogP contribution is -2.28. The van der Waals surface area contributed by atoms with Crippen LogP contribution in [0.2, 0.25) is 0 Å². The number of rotatable bonds is 5. The van der Waals surface area contributed by atoms with Crippen LogP contribution in [0.15, 0.2) is 0 Å². The Kier molecular flexibility index (Phi) is 4.90. The van der Waals surface area contributed by atoms with E-state index in [0.29, 0.717) is 12.8 Å². The highest BCUT2D eigenvalue weighted by atomic mass is 19.1. The lowest BCUT2D eigenvalue weighted by atomic mass is 9.87. The fraction of sp³-hybridized carbons (Fsp3) is 1.00. The minimum absolute atomic E-state index is 0.0202. The fourth-order valence-corrected chi connectivity index (χ4v) is 1.05. The maximum atomic E-state index is 13.7. The molecule has 0 aromatic heterocycles. The highest BCUT2D eigenvalue weighted by Gasteiger charge is 2.28. The van der Waals surface area contributed by atoms with Crippen LogP contribution >= 0.6 is 0 Å². The molecule has 0 bridgehead atoms. The number of hydrogen-bond donors (Lipinski definition) is 1. The summed E-state index contributed by atoms with van der Waals surface area (Å²) in [6, 6.07) is 0. The fourth-order valence-electron chi connectivity index (χ4n) is 1.05. The molecule has 1 N–H and O–H groups in total. The third-order valence-corrected chi connectivity index (χ3v) is 2.90. The zero-order valence-corrected chi connectivity index (χ0v) is 9.47. The second-order valence-corrected chi connectivity index (χ2v) is 4.78. The summed E-state index contributed by atoms with van der Waals surface area (Å²) in [6.45, 7) is 9.28. The van der Waals surface area contributed by atoms with E-state index in [1.807, 2.05) is 27.7 Å². The van der Waals surface area contributed by atoms with Gasteiger partial charge >= 0.3 is 0 Å². The Balaban J connectivity index is 3.88. The molecule has 0 saturated heterocycles. The number of hydrogen-bond acceptors (Lipinski definition) is 1. The van der Waals surface area contributed by atoms with Gasteiger partial charge in [0.1, 0.15) is 5.67 Å². The third kappa shape index (κ3) is 4.61. The number of aliphatic hydroxyl groups excluding tert-OH is 1. The first-order valence-corrected chi connectivity index (χ1v) is 5.14. The molecule has 0 aromatic carbocycles. The smallest absolute Gasteiger partial charge is 0.110 e. The van der Waals surface area contributed by atoms with Crippen molar-refractivity contribution >= 4 is 0 Å². The second kappa shape index (κ2) is 4.94. The van der Waals surface area contributed by atoms with Crippen molar-refractivity contribution in [1.82, 2.24) is 0 Å². The molecule has 2 unspecified atom stereocenters. The van der Waals surface area contributed by atoms with Gasteiger partial charge in [-0.1, -0.05) is 27.7 Å². The molecule has 13 heavy (non-hydrogen) atoms. The molecule has 0 aliphatic carbocycles. The second-order valence-electron chi connectivity index (χ2n) is 4.78. The Labute approximate surface area is 81.3 Å². The topological polar surface area (TPSA) is 20.2 Å². The van der Waals surface area contributed by atoms with Crippen molar-refractivity contribution in [1.29, 1.82) is 0 Å². The predicted molar refractivity (Wildman–Crippen MR) is 54.4 cm³/mol. The average molecular weight is 190 g/mol. The lowest BCUT2D eigenvalue weighted by molar-refractivity contribution is 0.0599. The summed E-state index contributed by atoms with van der Waals surface area (Å²) in [6.07, 6.45) is 0.640. The SMILES string of the molecule is CC(C)C(O)CCC(C)(F)C(C)C. The van der Waals surface area contributed by atoms with Crippen LogP contribution < -0.4 is 0 Å². The molecule has 0 aromatic rings. The standard InChI is InChI=1S/C11H23FO/c1-8(2)10(13)6-7-11(5,12)9(3)4/h8-10,13H,6-7H2,1-5H3. The molecule has 0 spiro atoms. The number of alkyl halides is 1. The maximum absolute atomic E-state index is 13.7. The van der Waals surface area contributed by atoms with Gasteiger partial charge in [0, 0.05) is 0 Å². The molecule has 2 atom stereocenters. The molecule has 0 radical (unpaired) electrons. The predicted octanol–water partition coefficient (Wildman–Crippen LogP) is 3.17. The molecule has 0 heterocycles. The van der Waals surface area contributed by atoms with Crippen molar-refractivity contribution in [2.75, 3.05) is 0 Å². The van der Waals surface area contributed by atoms with Crippen LogP contribution in [0.1, 0.15) is 47.5 Å². The van der Waals surface area contributed by atoms with Crippen molar-refractivity contribution in [2.24, 2.45) is 11.8 Å². The van der Waals surface area contributed by atoms with Gasteiger partial charge in [-0.15, -0.1) is 0 Å². The third-order valence-electron chi connectivity index (χ3n) is 2.90. The van der Waals surface area contributed by atoms with E-state index in [9.17, 15) is 9.50 Å². The van der Waals surface area contributed by atoms with Gasteiger partial charge in [0.15, 0.2) is 0 Å². The monoisotopic (exact) mass is 190 g/mol. The van der Waals surface area contributed by atoms with E-state index in [1.54, 1.807) is 6.92 Å². The molecule has 1 nitrogen and oxygen atoms in total. The van der Waals surface area contributed by atoms with E-state index >= 15 is 0 Å². The van der Waals surface area contributed by atoms with E-state index < -0.39 is 5.67 Å². The largest absolute Gasteiger partial charge is 0.393 e. The van der Waals surface area contributed by atoms with Crippen LogP contribution in [0.25, 0.3) is 0 Å². The van der Waals surface area contributed by atoms with Gasteiger partial charge in [-0.25, -0.2) is 4.39 Å². The Morgan fingerprint density at radius 2 is 1.69 bits per heavy atom. The van der Waals surface area contributed by atoms with Crippen molar-refractivity contribution in [3.63, 3.8) is 0 Å². The summed E-state index contributed by atoms with van der Waals surface area (Å²) in [4.78, 5) is 0. The van der Waals surface area contributed by atoms with Crippen molar-refractivity contribution in [3.05, 3.63) is 0 Å². The minimum Gasteiger partial charge on any atom is -0.393 e. The molecule has 80 valence electrons. The molecule has 0 aliphatic heterocycles. The zero-order chi connectivity index (χ0) is 10.6. The maximum Gasteiger partial charge on any atom is 0.110 e. The first kappa shape index (κ1) is 12.9. The van der Waals surface area contributed by atoms with Gasteiger partial charge in [-0.3, -0.25) is 0 Å².